The van der Waals surface area contributed by atoms with Gasteiger partial charge in [-0.2, -0.15) is 5.10 Å². The van der Waals surface area contributed by atoms with E-state index in [2.05, 4.69) is 14.8 Å². The van der Waals surface area contributed by atoms with E-state index < -0.39 is 15.9 Å². The van der Waals surface area contributed by atoms with E-state index in [-0.39, 0.29) is 22.7 Å². The Morgan fingerprint density at radius 2 is 2.14 bits per heavy atom. The molecule has 1 aromatic heterocycles. The molecule has 0 saturated heterocycles. The predicted molar refractivity (Wildman–Crippen MR) is 74.4 cm³/mol. The van der Waals surface area contributed by atoms with Gasteiger partial charge in [0.1, 0.15) is 11.2 Å². The number of nitrogens with two attached hydrogens (primary N) is 2. The van der Waals surface area contributed by atoms with Crippen molar-refractivity contribution in [1.29, 1.82) is 0 Å². The summed E-state index contributed by atoms with van der Waals surface area (Å²) in [6.45, 7) is -0.0693. The molecule has 21 heavy (non-hydrogen) atoms. The van der Waals surface area contributed by atoms with Crippen LogP contribution in [0.25, 0.3) is 0 Å². The second kappa shape index (κ2) is 5.50. The van der Waals surface area contributed by atoms with Gasteiger partial charge in [-0.3, -0.25) is 9.48 Å². The summed E-state index contributed by atoms with van der Waals surface area (Å²) < 4.78 is 28.1. The van der Waals surface area contributed by atoms with Crippen LogP contribution in [0.3, 0.4) is 0 Å². The van der Waals surface area contributed by atoms with Crippen LogP contribution in [0, 0.1) is 0 Å². The fourth-order valence-electron chi connectivity index (χ4n) is 1.65. The van der Waals surface area contributed by atoms with Gasteiger partial charge in [0.05, 0.1) is 12.2 Å². The lowest BCUT2D eigenvalue weighted by Gasteiger charge is -2.08. The van der Waals surface area contributed by atoms with Crippen LogP contribution in [0.4, 0.5) is 5.69 Å². The molecular formula is C11H14N6O3S. The molecule has 0 unspecified atom stereocenters. The molecule has 0 radical (unpaired) electrons. The monoisotopic (exact) mass is 310 g/mol. The summed E-state index contributed by atoms with van der Waals surface area (Å²) in [5, 5.41) is 3.95. The Morgan fingerprint density at radius 1 is 1.43 bits per heavy atom. The first-order valence-electron chi connectivity index (χ1n) is 5.83. The molecule has 0 aliphatic carbocycles. The van der Waals surface area contributed by atoms with Gasteiger partial charge < -0.3 is 11.5 Å². The quantitative estimate of drug-likeness (QED) is 0.602. The SMILES string of the molecule is Cn1cnc(CNS(=O)(=O)c2ccc(C(N)=O)cc2N)n1. The largest absolute Gasteiger partial charge is 0.398 e. The van der Waals surface area contributed by atoms with Gasteiger partial charge in [0.25, 0.3) is 0 Å². The van der Waals surface area contributed by atoms with Gasteiger partial charge in [-0.15, -0.1) is 0 Å². The highest BCUT2D eigenvalue weighted by Gasteiger charge is 2.19. The Hall–Kier alpha value is -2.46. The van der Waals surface area contributed by atoms with Crippen molar-refractivity contribution >= 4 is 21.6 Å². The van der Waals surface area contributed by atoms with Gasteiger partial charge in [0.2, 0.25) is 15.9 Å². The standard InChI is InChI=1S/C11H14N6O3S/c1-17-6-14-10(16-17)5-15-21(19,20)9-3-2-7(11(13)18)4-8(9)12/h2-4,6,15H,5,12H2,1H3,(H2,13,18). The Kier molecular flexibility index (Phi) is 3.91. The van der Waals surface area contributed by atoms with Gasteiger partial charge in [0.15, 0.2) is 5.82 Å². The zero-order valence-corrected chi connectivity index (χ0v) is 12.0. The molecule has 10 heteroatoms. The maximum absolute atomic E-state index is 12.1. The minimum Gasteiger partial charge on any atom is -0.398 e. The van der Waals surface area contributed by atoms with E-state index in [1.165, 1.54) is 29.2 Å². The third kappa shape index (κ3) is 3.35. The number of rotatable bonds is 5. The summed E-state index contributed by atoms with van der Waals surface area (Å²) in [4.78, 5) is 14.8. The van der Waals surface area contributed by atoms with Gasteiger partial charge in [-0.05, 0) is 18.2 Å². The van der Waals surface area contributed by atoms with Crippen LogP contribution in [-0.2, 0) is 23.6 Å². The second-order valence-electron chi connectivity index (χ2n) is 4.28. The molecule has 0 aliphatic heterocycles. The molecule has 0 spiro atoms. The molecule has 0 bridgehead atoms. The molecule has 1 amide bonds. The first kappa shape index (κ1) is 14.9. The Morgan fingerprint density at radius 3 is 2.67 bits per heavy atom. The van der Waals surface area contributed by atoms with Crippen LogP contribution < -0.4 is 16.2 Å². The maximum Gasteiger partial charge on any atom is 0.248 e. The molecule has 0 saturated carbocycles. The number of primary amides is 1. The Labute approximate surface area is 121 Å². The van der Waals surface area contributed by atoms with E-state index in [4.69, 9.17) is 11.5 Å². The smallest absolute Gasteiger partial charge is 0.248 e. The minimum atomic E-state index is -3.84. The van der Waals surface area contributed by atoms with Crippen molar-refractivity contribution in [2.45, 2.75) is 11.4 Å². The van der Waals surface area contributed by atoms with E-state index in [1.807, 2.05) is 0 Å². The summed E-state index contributed by atoms with van der Waals surface area (Å²) in [7, 11) is -2.17. The highest BCUT2D eigenvalue weighted by atomic mass is 32.2. The van der Waals surface area contributed by atoms with Crippen molar-refractivity contribution in [3.05, 3.63) is 35.9 Å². The second-order valence-corrected chi connectivity index (χ2v) is 6.01. The number of aromatic nitrogens is 3. The lowest BCUT2D eigenvalue weighted by molar-refractivity contribution is 0.1000. The highest BCUT2D eigenvalue weighted by Crippen LogP contribution is 2.19. The number of hydrogen-bond donors (Lipinski definition) is 3. The zero-order chi connectivity index (χ0) is 15.6. The average molecular weight is 310 g/mol. The van der Waals surface area contributed by atoms with Crippen molar-refractivity contribution in [2.75, 3.05) is 5.73 Å². The number of hydrogen-bond acceptors (Lipinski definition) is 6. The molecule has 1 aromatic carbocycles. The first-order valence-corrected chi connectivity index (χ1v) is 7.31. The molecule has 2 aromatic rings. The summed E-state index contributed by atoms with van der Waals surface area (Å²) in [5.74, 6) is -0.357. The third-order valence-corrected chi connectivity index (χ3v) is 4.13. The highest BCUT2D eigenvalue weighted by molar-refractivity contribution is 7.89. The maximum atomic E-state index is 12.1. The molecule has 5 N–H and O–H groups in total. The van der Waals surface area contributed by atoms with Gasteiger partial charge >= 0.3 is 0 Å². The Bertz CT molecular complexity index is 783. The van der Waals surface area contributed by atoms with E-state index in [1.54, 1.807) is 7.05 Å². The number of nitrogens with one attached hydrogen (secondary N) is 1. The number of benzene rings is 1. The summed E-state index contributed by atoms with van der Waals surface area (Å²) in [6, 6.07) is 3.74. The van der Waals surface area contributed by atoms with E-state index in [0.717, 1.165) is 0 Å². The average Bonchev–Trinajstić information content (AvgIpc) is 2.82. The topological polar surface area (TPSA) is 146 Å². The van der Waals surface area contributed by atoms with E-state index in [0.29, 0.717) is 5.82 Å². The number of nitrogen functional groups attached to an aromatic ring is 1. The van der Waals surface area contributed by atoms with Crippen LogP contribution in [0.1, 0.15) is 16.2 Å². The number of nitrogens with zero attached hydrogens (tertiary/aromatic N) is 3. The number of carbonyl (C=O) groups is 1. The van der Waals surface area contributed by atoms with Crippen LogP contribution in [0.5, 0.6) is 0 Å². The van der Waals surface area contributed by atoms with Crippen molar-refractivity contribution in [1.82, 2.24) is 19.5 Å². The van der Waals surface area contributed by atoms with E-state index >= 15 is 0 Å². The molecule has 1 heterocycles. The Balaban J connectivity index is 2.21. The van der Waals surface area contributed by atoms with Crippen molar-refractivity contribution in [2.24, 2.45) is 12.8 Å². The zero-order valence-electron chi connectivity index (χ0n) is 11.1. The van der Waals surface area contributed by atoms with Crippen molar-refractivity contribution < 1.29 is 13.2 Å². The molecule has 112 valence electrons. The molecule has 0 fully saturated rings. The first-order chi connectivity index (χ1) is 9.79. The summed E-state index contributed by atoms with van der Waals surface area (Å²) >= 11 is 0. The fraction of sp³-hybridized carbons (Fsp3) is 0.182. The molecule has 2 rings (SSSR count). The van der Waals surface area contributed by atoms with Crippen LogP contribution in [0.2, 0.25) is 0 Å². The van der Waals surface area contributed by atoms with Gasteiger partial charge in [-0.1, -0.05) is 0 Å². The minimum absolute atomic E-state index is 0.0622. The molecule has 0 atom stereocenters. The lowest BCUT2D eigenvalue weighted by Crippen LogP contribution is -2.25. The molecular weight excluding hydrogens is 296 g/mol. The number of sulfonamides is 1. The van der Waals surface area contributed by atoms with Crippen LogP contribution in [-0.4, -0.2) is 29.1 Å². The summed E-state index contributed by atoms with van der Waals surface area (Å²) in [6.07, 6.45) is 1.46. The lowest BCUT2D eigenvalue weighted by atomic mass is 10.2. The number of aryl methyl sites for hydroxylation is 1. The van der Waals surface area contributed by atoms with Crippen LogP contribution in [0.15, 0.2) is 29.4 Å². The number of carbonyl (C=O) groups excluding carboxylic acids is 1. The predicted octanol–water partition coefficient (Wildman–Crippen LogP) is -1.03. The number of amides is 1. The third-order valence-electron chi connectivity index (χ3n) is 2.65. The van der Waals surface area contributed by atoms with Crippen LogP contribution >= 0.6 is 0 Å². The normalized spacial score (nSPS) is 11.5. The number of anilines is 1. The molecule has 9 nitrogen and oxygen atoms in total. The van der Waals surface area contributed by atoms with Gasteiger partial charge in [0, 0.05) is 12.6 Å². The van der Waals surface area contributed by atoms with Gasteiger partial charge in [-0.25, -0.2) is 18.1 Å². The van der Waals surface area contributed by atoms with E-state index in [9.17, 15) is 13.2 Å². The fourth-order valence-corrected chi connectivity index (χ4v) is 2.74. The van der Waals surface area contributed by atoms with Crippen molar-refractivity contribution in [3.8, 4) is 0 Å². The molecule has 0 aliphatic rings. The summed E-state index contributed by atoms with van der Waals surface area (Å²) in [5.41, 5.74) is 10.8. The van der Waals surface area contributed by atoms with Crippen molar-refractivity contribution in [3.63, 3.8) is 0 Å².